The summed E-state index contributed by atoms with van der Waals surface area (Å²) in [6, 6.07) is 11.6. The van der Waals surface area contributed by atoms with Crippen LogP contribution in [0.5, 0.6) is 5.75 Å². The largest absolute Gasteiger partial charge is 0.486 e. The summed E-state index contributed by atoms with van der Waals surface area (Å²) in [5.41, 5.74) is 0.932. The highest BCUT2D eigenvalue weighted by molar-refractivity contribution is 9.11. The second kappa shape index (κ2) is 9.51. The molecule has 2 rings (SSSR count). The van der Waals surface area contributed by atoms with Gasteiger partial charge >= 0.3 is 5.97 Å². The first-order valence-electron chi connectivity index (χ1n) is 7.60. The van der Waals surface area contributed by atoms with Crippen molar-refractivity contribution in [1.29, 1.82) is 5.26 Å². The maximum absolute atomic E-state index is 13.7. The van der Waals surface area contributed by atoms with Gasteiger partial charge in [0.2, 0.25) is 0 Å². The molecular weight excluding hydrogens is 469 g/mol. The van der Waals surface area contributed by atoms with Crippen molar-refractivity contribution < 1.29 is 18.7 Å². The van der Waals surface area contributed by atoms with E-state index in [-0.39, 0.29) is 24.6 Å². The predicted octanol–water partition coefficient (Wildman–Crippen LogP) is 5.40. The first-order valence-corrected chi connectivity index (χ1v) is 9.19. The van der Waals surface area contributed by atoms with Gasteiger partial charge in [0.25, 0.3) is 0 Å². The van der Waals surface area contributed by atoms with Crippen LogP contribution in [0.3, 0.4) is 0 Å². The Hall–Kier alpha value is -2.17. The summed E-state index contributed by atoms with van der Waals surface area (Å²) in [5.74, 6) is -0.533. The van der Waals surface area contributed by atoms with E-state index >= 15 is 0 Å². The summed E-state index contributed by atoms with van der Waals surface area (Å²) >= 11 is 6.79. The van der Waals surface area contributed by atoms with Crippen LogP contribution in [0.15, 0.2) is 50.9 Å². The number of halogens is 3. The second-order valence-electron chi connectivity index (χ2n) is 5.08. The number of rotatable bonds is 6. The molecule has 0 N–H and O–H groups in total. The lowest BCUT2D eigenvalue weighted by atomic mass is 10.1. The molecule has 2 aromatic rings. The summed E-state index contributed by atoms with van der Waals surface area (Å²) in [6.07, 6.45) is 1.42. The van der Waals surface area contributed by atoms with E-state index in [0.717, 1.165) is 0 Å². The van der Waals surface area contributed by atoms with Crippen LogP contribution in [-0.2, 0) is 16.1 Å². The third-order valence-corrected chi connectivity index (χ3v) is 4.46. The van der Waals surface area contributed by atoms with Crippen molar-refractivity contribution in [2.24, 2.45) is 0 Å². The maximum atomic E-state index is 13.7. The van der Waals surface area contributed by atoms with Crippen LogP contribution >= 0.6 is 31.9 Å². The molecule has 0 radical (unpaired) electrons. The fourth-order valence-corrected chi connectivity index (χ4v) is 3.53. The van der Waals surface area contributed by atoms with Crippen molar-refractivity contribution in [3.05, 3.63) is 67.9 Å². The van der Waals surface area contributed by atoms with Crippen LogP contribution in [0.1, 0.15) is 18.1 Å². The van der Waals surface area contributed by atoms with Gasteiger partial charge in [-0.15, -0.1) is 0 Å². The third-order valence-electron chi connectivity index (χ3n) is 3.28. The second-order valence-corrected chi connectivity index (χ2v) is 6.79. The molecule has 26 heavy (non-hydrogen) atoms. The zero-order chi connectivity index (χ0) is 19.1. The molecule has 0 aliphatic carbocycles. The van der Waals surface area contributed by atoms with Gasteiger partial charge in [-0.05, 0) is 68.6 Å². The van der Waals surface area contributed by atoms with Crippen LogP contribution in [0.25, 0.3) is 6.08 Å². The van der Waals surface area contributed by atoms with E-state index in [1.807, 2.05) is 6.07 Å². The maximum Gasteiger partial charge on any atom is 0.348 e. The van der Waals surface area contributed by atoms with Crippen LogP contribution in [-0.4, -0.2) is 12.6 Å². The Labute approximate surface area is 167 Å². The number of nitriles is 1. The van der Waals surface area contributed by atoms with Gasteiger partial charge in [-0.1, -0.05) is 18.2 Å². The van der Waals surface area contributed by atoms with Crippen molar-refractivity contribution in [2.75, 3.05) is 6.61 Å². The lowest BCUT2D eigenvalue weighted by Gasteiger charge is -2.12. The zero-order valence-corrected chi connectivity index (χ0v) is 16.9. The van der Waals surface area contributed by atoms with Crippen LogP contribution in [0.4, 0.5) is 4.39 Å². The molecule has 2 aromatic carbocycles. The summed E-state index contributed by atoms with van der Waals surface area (Å²) in [7, 11) is 0. The molecular formula is C19H14Br2FNO3. The highest BCUT2D eigenvalue weighted by Gasteiger charge is 2.13. The molecule has 0 aliphatic rings. The first-order chi connectivity index (χ1) is 12.5. The molecule has 0 spiro atoms. The molecule has 0 fully saturated rings. The normalized spacial score (nSPS) is 11.0. The molecule has 4 nitrogen and oxygen atoms in total. The molecule has 0 amide bonds. The Bertz CT molecular complexity index is 868. The fraction of sp³-hybridized carbons (Fsp3) is 0.158. The number of carbonyl (C=O) groups excluding carboxylic acids is 1. The van der Waals surface area contributed by atoms with E-state index in [1.165, 1.54) is 12.1 Å². The molecule has 0 bridgehead atoms. The van der Waals surface area contributed by atoms with E-state index < -0.39 is 5.97 Å². The molecule has 0 heterocycles. The average molecular weight is 483 g/mol. The average Bonchev–Trinajstić information content (AvgIpc) is 2.60. The zero-order valence-electron chi connectivity index (χ0n) is 13.8. The Balaban J connectivity index is 2.24. The van der Waals surface area contributed by atoms with Gasteiger partial charge < -0.3 is 9.47 Å². The van der Waals surface area contributed by atoms with Crippen molar-refractivity contribution in [3.63, 3.8) is 0 Å². The van der Waals surface area contributed by atoms with Gasteiger partial charge in [0.1, 0.15) is 29.8 Å². The number of ether oxygens (including phenoxy) is 2. The Kier molecular flexibility index (Phi) is 7.37. The van der Waals surface area contributed by atoms with E-state index in [1.54, 1.807) is 37.3 Å². The standard InChI is InChI=1S/C19H14Br2FNO3/c1-2-25-19(24)14(10-23)7-12-8-15(20)18(16(21)9-12)26-11-13-5-3-4-6-17(13)22/h3-9H,2,11H2,1H3/b14-7-. The van der Waals surface area contributed by atoms with Gasteiger partial charge in [0.15, 0.2) is 0 Å². The Morgan fingerprint density at radius 3 is 2.50 bits per heavy atom. The summed E-state index contributed by atoms with van der Waals surface area (Å²) < 4.78 is 25.4. The van der Waals surface area contributed by atoms with Gasteiger partial charge in [-0.3, -0.25) is 0 Å². The van der Waals surface area contributed by atoms with Gasteiger partial charge in [0.05, 0.1) is 15.6 Å². The first kappa shape index (κ1) is 20.1. The molecule has 0 unspecified atom stereocenters. The minimum Gasteiger partial charge on any atom is -0.486 e. The predicted molar refractivity (Wildman–Crippen MR) is 103 cm³/mol. The van der Waals surface area contributed by atoms with Gasteiger partial charge in [-0.25, -0.2) is 9.18 Å². The topological polar surface area (TPSA) is 59.3 Å². The minimum absolute atomic E-state index is 0.0608. The molecule has 0 aromatic heterocycles. The molecule has 0 saturated carbocycles. The highest BCUT2D eigenvalue weighted by atomic mass is 79.9. The quantitative estimate of drug-likeness (QED) is 0.314. The molecule has 134 valence electrons. The molecule has 0 aliphatic heterocycles. The Morgan fingerprint density at radius 2 is 1.92 bits per heavy atom. The lowest BCUT2D eigenvalue weighted by molar-refractivity contribution is -0.137. The van der Waals surface area contributed by atoms with E-state index in [2.05, 4.69) is 31.9 Å². The van der Waals surface area contributed by atoms with E-state index in [9.17, 15) is 9.18 Å². The van der Waals surface area contributed by atoms with Crippen molar-refractivity contribution in [1.82, 2.24) is 0 Å². The van der Waals surface area contributed by atoms with E-state index in [4.69, 9.17) is 14.7 Å². The van der Waals surface area contributed by atoms with Gasteiger partial charge in [-0.2, -0.15) is 5.26 Å². The molecule has 0 atom stereocenters. The van der Waals surface area contributed by atoms with E-state index in [0.29, 0.717) is 25.8 Å². The smallest absolute Gasteiger partial charge is 0.348 e. The number of hydrogen-bond donors (Lipinski definition) is 0. The van der Waals surface area contributed by atoms with Crippen LogP contribution in [0.2, 0.25) is 0 Å². The Morgan fingerprint density at radius 1 is 1.27 bits per heavy atom. The summed E-state index contributed by atoms with van der Waals surface area (Å²) in [5, 5.41) is 9.11. The van der Waals surface area contributed by atoms with Crippen LogP contribution in [0, 0.1) is 17.1 Å². The van der Waals surface area contributed by atoms with Crippen molar-refractivity contribution in [3.8, 4) is 11.8 Å². The summed E-state index contributed by atoms with van der Waals surface area (Å²) in [4.78, 5) is 11.7. The van der Waals surface area contributed by atoms with Crippen molar-refractivity contribution >= 4 is 43.9 Å². The minimum atomic E-state index is -0.679. The summed E-state index contributed by atoms with van der Waals surface area (Å²) in [6.45, 7) is 1.92. The lowest BCUT2D eigenvalue weighted by Crippen LogP contribution is -2.06. The van der Waals surface area contributed by atoms with Crippen molar-refractivity contribution in [2.45, 2.75) is 13.5 Å². The fourth-order valence-electron chi connectivity index (χ4n) is 2.08. The number of carbonyl (C=O) groups is 1. The van der Waals surface area contributed by atoms with Crippen LogP contribution < -0.4 is 4.74 Å². The number of hydrogen-bond acceptors (Lipinski definition) is 4. The number of nitrogens with zero attached hydrogens (tertiary/aromatic N) is 1. The molecule has 7 heteroatoms. The highest BCUT2D eigenvalue weighted by Crippen LogP contribution is 2.36. The van der Waals surface area contributed by atoms with Gasteiger partial charge in [0, 0.05) is 5.56 Å². The monoisotopic (exact) mass is 481 g/mol. The number of benzene rings is 2. The number of esters is 1. The third kappa shape index (κ3) is 5.16. The SMILES string of the molecule is CCOC(=O)/C(C#N)=C\c1cc(Br)c(OCc2ccccc2F)c(Br)c1. The molecule has 0 saturated heterocycles.